The van der Waals surface area contributed by atoms with Crippen LogP contribution in [0.25, 0.3) is 0 Å². The summed E-state index contributed by atoms with van der Waals surface area (Å²) in [6.07, 6.45) is 0. The Balaban J connectivity index is 1.71. The molecule has 0 aliphatic carbocycles. The van der Waals surface area contributed by atoms with Gasteiger partial charge in [0.15, 0.2) is 5.96 Å². The minimum absolute atomic E-state index is 0.0965. The van der Waals surface area contributed by atoms with Crippen LogP contribution in [0.4, 0.5) is 4.39 Å². The zero-order chi connectivity index (χ0) is 18.8. The van der Waals surface area contributed by atoms with E-state index < -0.39 is 0 Å². The molecule has 7 heteroatoms. The van der Waals surface area contributed by atoms with E-state index in [1.807, 2.05) is 24.3 Å². The number of ether oxygens (including phenoxy) is 1. The molecule has 2 aromatic carbocycles. The van der Waals surface area contributed by atoms with Gasteiger partial charge in [-0.05, 0) is 35.4 Å². The minimum Gasteiger partial charge on any atom is -0.497 e. The largest absolute Gasteiger partial charge is 0.497 e. The second-order valence-electron chi connectivity index (χ2n) is 5.53. The molecule has 0 saturated heterocycles. The topological polar surface area (TPSA) is 74.8 Å². The van der Waals surface area contributed by atoms with Gasteiger partial charge in [0, 0.05) is 20.1 Å². The lowest BCUT2D eigenvalue weighted by atomic mass is 10.2. The highest BCUT2D eigenvalue weighted by Gasteiger charge is 2.04. The monoisotopic (exact) mass is 358 g/mol. The lowest BCUT2D eigenvalue weighted by Gasteiger charge is -2.12. The molecule has 0 atom stereocenters. The van der Waals surface area contributed by atoms with Crippen molar-refractivity contribution in [3.63, 3.8) is 0 Å². The summed E-state index contributed by atoms with van der Waals surface area (Å²) in [6, 6.07) is 13.7. The van der Waals surface area contributed by atoms with Crippen molar-refractivity contribution >= 4 is 11.9 Å². The Morgan fingerprint density at radius 3 is 2.12 bits per heavy atom. The smallest absolute Gasteiger partial charge is 0.239 e. The number of nitrogens with zero attached hydrogens (tertiary/aromatic N) is 1. The summed E-state index contributed by atoms with van der Waals surface area (Å²) in [6.45, 7) is 1.01. The first-order valence-corrected chi connectivity index (χ1v) is 8.19. The summed E-state index contributed by atoms with van der Waals surface area (Å²) in [4.78, 5) is 16.0. The van der Waals surface area contributed by atoms with E-state index >= 15 is 0 Å². The summed E-state index contributed by atoms with van der Waals surface area (Å²) in [5, 5.41) is 8.84. The summed E-state index contributed by atoms with van der Waals surface area (Å²) >= 11 is 0. The normalized spacial score (nSPS) is 11.0. The number of nitrogens with one attached hydrogen (secondary N) is 3. The predicted molar refractivity (Wildman–Crippen MR) is 99.4 cm³/mol. The number of hydrogen-bond acceptors (Lipinski definition) is 3. The summed E-state index contributed by atoms with van der Waals surface area (Å²) in [5.74, 6) is 0.849. The molecule has 0 fully saturated rings. The third kappa shape index (κ3) is 6.43. The molecule has 1 amide bonds. The van der Waals surface area contributed by atoms with E-state index in [0.29, 0.717) is 19.0 Å². The van der Waals surface area contributed by atoms with Gasteiger partial charge in [-0.15, -0.1) is 0 Å². The van der Waals surface area contributed by atoms with Crippen molar-refractivity contribution in [1.82, 2.24) is 16.0 Å². The zero-order valence-corrected chi connectivity index (χ0v) is 14.9. The molecule has 0 bridgehead atoms. The molecule has 0 heterocycles. The molecule has 0 aromatic heterocycles. The van der Waals surface area contributed by atoms with Gasteiger partial charge in [-0.1, -0.05) is 24.3 Å². The van der Waals surface area contributed by atoms with Gasteiger partial charge in [0.2, 0.25) is 5.91 Å². The molecule has 0 saturated carbocycles. The SMILES string of the molecule is CN=C(NCC(=O)NCc1ccc(OC)cc1)NCc1ccc(F)cc1. The van der Waals surface area contributed by atoms with E-state index in [2.05, 4.69) is 20.9 Å². The van der Waals surface area contributed by atoms with E-state index in [4.69, 9.17) is 4.74 Å². The van der Waals surface area contributed by atoms with Crippen LogP contribution in [-0.2, 0) is 17.9 Å². The minimum atomic E-state index is -0.273. The third-order valence-corrected chi connectivity index (χ3v) is 3.66. The number of aliphatic imine (C=N–C) groups is 1. The second kappa shape index (κ2) is 10.0. The number of halogens is 1. The maximum Gasteiger partial charge on any atom is 0.239 e. The van der Waals surface area contributed by atoms with E-state index in [-0.39, 0.29) is 18.3 Å². The highest BCUT2D eigenvalue weighted by atomic mass is 19.1. The van der Waals surface area contributed by atoms with Gasteiger partial charge in [-0.25, -0.2) is 4.39 Å². The number of amides is 1. The van der Waals surface area contributed by atoms with Crippen LogP contribution in [0, 0.1) is 5.82 Å². The van der Waals surface area contributed by atoms with Gasteiger partial charge in [0.05, 0.1) is 13.7 Å². The first-order chi connectivity index (χ1) is 12.6. The van der Waals surface area contributed by atoms with Crippen LogP contribution in [0.1, 0.15) is 11.1 Å². The number of guanidine groups is 1. The molecule has 26 heavy (non-hydrogen) atoms. The van der Waals surface area contributed by atoms with Crippen molar-refractivity contribution < 1.29 is 13.9 Å². The molecule has 0 aliphatic rings. The Kier molecular flexibility index (Phi) is 7.42. The van der Waals surface area contributed by atoms with Crippen LogP contribution >= 0.6 is 0 Å². The number of carbonyl (C=O) groups is 1. The predicted octanol–water partition coefficient (Wildman–Crippen LogP) is 1.82. The Labute approximate surface area is 152 Å². The van der Waals surface area contributed by atoms with Crippen LogP contribution in [0.2, 0.25) is 0 Å². The summed E-state index contributed by atoms with van der Waals surface area (Å²) in [5.41, 5.74) is 1.90. The third-order valence-electron chi connectivity index (χ3n) is 3.66. The number of rotatable bonds is 7. The number of carbonyl (C=O) groups excluding carboxylic acids is 1. The van der Waals surface area contributed by atoms with Gasteiger partial charge < -0.3 is 20.7 Å². The maximum absolute atomic E-state index is 12.9. The van der Waals surface area contributed by atoms with Crippen molar-refractivity contribution in [2.45, 2.75) is 13.1 Å². The molecule has 6 nitrogen and oxygen atoms in total. The zero-order valence-electron chi connectivity index (χ0n) is 14.9. The van der Waals surface area contributed by atoms with Crippen LogP contribution in [-0.4, -0.2) is 32.6 Å². The number of hydrogen-bond donors (Lipinski definition) is 3. The van der Waals surface area contributed by atoms with Crippen LogP contribution < -0.4 is 20.7 Å². The van der Waals surface area contributed by atoms with Crippen LogP contribution in [0.5, 0.6) is 5.75 Å². The molecule has 2 aromatic rings. The van der Waals surface area contributed by atoms with Gasteiger partial charge in [-0.3, -0.25) is 9.79 Å². The van der Waals surface area contributed by atoms with Crippen molar-refractivity contribution in [3.8, 4) is 5.75 Å². The molecule has 0 unspecified atom stereocenters. The quantitative estimate of drug-likeness (QED) is 0.521. The number of benzene rings is 2. The Morgan fingerprint density at radius 2 is 1.54 bits per heavy atom. The van der Waals surface area contributed by atoms with E-state index in [1.165, 1.54) is 12.1 Å². The summed E-state index contributed by atoms with van der Waals surface area (Å²) in [7, 11) is 3.23. The highest BCUT2D eigenvalue weighted by Crippen LogP contribution is 2.10. The molecular formula is C19H23FN4O2. The van der Waals surface area contributed by atoms with Gasteiger partial charge >= 0.3 is 0 Å². The molecule has 0 spiro atoms. The maximum atomic E-state index is 12.9. The first-order valence-electron chi connectivity index (χ1n) is 8.19. The van der Waals surface area contributed by atoms with Crippen molar-refractivity contribution in [2.75, 3.05) is 20.7 Å². The average molecular weight is 358 g/mol. The van der Waals surface area contributed by atoms with E-state index in [1.54, 1.807) is 26.3 Å². The lowest BCUT2D eigenvalue weighted by Crippen LogP contribution is -2.42. The fourth-order valence-electron chi connectivity index (χ4n) is 2.18. The van der Waals surface area contributed by atoms with E-state index in [0.717, 1.165) is 16.9 Å². The second-order valence-corrected chi connectivity index (χ2v) is 5.53. The molecule has 138 valence electrons. The fraction of sp³-hybridized carbons (Fsp3) is 0.263. The van der Waals surface area contributed by atoms with Gasteiger partial charge in [-0.2, -0.15) is 0 Å². The molecule has 0 radical (unpaired) electrons. The Morgan fingerprint density at radius 1 is 0.962 bits per heavy atom. The van der Waals surface area contributed by atoms with Crippen molar-refractivity contribution in [2.24, 2.45) is 4.99 Å². The Bertz CT molecular complexity index is 730. The number of methoxy groups -OCH3 is 1. The molecule has 0 aliphatic heterocycles. The standard InChI is InChI=1S/C19H23FN4O2/c1-21-19(23-12-14-3-7-16(20)8-4-14)24-13-18(25)22-11-15-5-9-17(26-2)10-6-15/h3-10H,11-13H2,1-2H3,(H,22,25)(H2,21,23,24). The molecule has 2 rings (SSSR count). The fourth-order valence-corrected chi connectivity index (χ4v) is 2.18. The molecular weight excluding hydrogens is 335 g/mol. The first kappa shape index (κ1) is 19.2. The van der Waals surface area contributed by atoms with Crippen molar-refractivity contribution in [3.05, 3.63) is 65.5 Å². The van der Waals surface area contributed by atoms with Crippen molar-refractivity contribution in [1.29, 1.82) is 0 Å². The van der Waals surface area contributed by atoms with Crippen LogP contribution in [0.15, 0.2) is 53.5 Å². The van der Waals surface area contributed by atoms with Gasteiger partial charge in [0.25, 0.3) is 0 Å². The average Bonchev–Trinajstić information content (AvgIpc) is 2.68. The highest BCUT2D eigenvalue weighted by molar-refractivity contribution is 5.86. The lowest BCUT2D eigenvalue weighted by molar-refractivity contribution is -0.120. The summed E-state index contributed by atoms with van der Waals surface area (Å²) < 4.78 is 18.0. The van der Waals surface area contributed by atoms with Crippen LogP contribution in [0.3, 0.4) is 0 Å². The Hall–Kier alpha value is -3.09. The van der Waals surface area contributed by atoms with Gasteiger partial charge in [0.1, 0.15) is 11.6 Å². The molecule has 3 N–H and O–H groups in total. The van der Waals surface area contributed by atoms with E-state index in [9.17, 15) is 9.18 Å².